The summed E-state index contributed by atoms with van der Waals surface area (Å²) in [5.74, 6) is 0.673. The molecule has 0 aliphatic heterocycles. The van der Waals surface area contributed by atoms with Crippen molar-refractivity contribution in [2.24, 2.45) is 11.7 Å². The molecular formula is C9H18N2O2. The average molecular weight is 186 g/mol. The van der Waals surface area contributed by atoms with Gasteiger partial charge in [0.2, 0.25) is 0 Å². The Morgan fingerprint density at radius 3 is 2.54 bits per heavy atom. The van der Waals surface area contributed by atoms with Gasteiger partial charge >= 0.3 is 6.09 Å². The van der Waals surface area contributed by atoms with Crippen LogP contribution in [0.3, 0.4) is 0 Å². The molecule has 76 valence electrons. The fraction of sp³-hybridized carbons (Fsp3) is 0.889. The first kappa shape index (κ1) is 10.3. The molecule has 0 saturated heterocycles. The Hall–Kier alpha value is -0.770. The smallest absolute Gasteiger partial charge is 0.404 e. The van der Waals surface area contributed by atoms with E-state index in [2.05, 4.69) is 5.32 Å². The summed E-state index contributed by atoms with van der Waals surface area (Å²) < 4.78 is 0. The van der Waals surface area contributed by atoms with E-state index in [0.717, 1.165) is 32.1 Å². The maximum atomic E-state index is 10.2. The molecule has 1 saturated carbocycles. The number of hydrogen-bond acceptors (Lipinski definition) is 2. The van der Waals surface area contributed by atoms with Crippen molar-refractivity contribution >= 4 is 6.09 Å². The van der Waals surface area contributed by atoms with Gasteiger partial charge in [0, 0.05) is 12.6 Å². The molecule has 0 spiro atoms. The molecule has 4 heteroatoms. The number of hydrogen-bond donors (Lipinski definition) is 3. The Bertz CT molecular complexity index is 165. The van der Waals surface area contributed by atoms with E-state index in [9.17, 15) is 4.79 Å². The van der Waals surface area contributed by atoms with Crippen LogP contribution in [0.1, 0.15) is 32.1 Å². The van der Waals surface area contributed by atoms with Crippen LogP contribution in [0.15, 0.2) is 0 Å². The summed E-state index contributed by atoms with van der Waals surface area (Å²) in [7, 11) is 0. The van der Waals surface area contributed by atoms with Crippen LogP contribution in [0, 0.1) is 5.92 Å². The second-order valence-electron chi connectivity index (χ2n) is 3.80. The summed E-state index contributed by atoms with van der Waals surface area (Å²) in [5, 5.41) is 10.7. The number of carboxylic acid groups (broad SMARTS) is 1. The van der Waals surface area contributed by atoms with E-state index in [4.69, 9.17) is 10.8 Å². The van der Waals surface area contributed by atoms with E-state index in [1.165, 1.54) is 0 Å². The van der Waals surface area contributed by atoms with Gasteiger partial charge in [0.25, 0.3) is 0 Å². The van der Waals surface area contributed by atoms with Gasteiger partial charge in [0.15, 0.2) is 0 Å². The first-order valence-corrected chi connectivity index (χ1v) is 4.91. The van der Waals surface area contributed by atoms with Crippen molar-refractivity contribution in [2.75, 3.05) is 6.54 Å². The summed E-state index contributed by atoms with van der Waals surface area (Å²) in [5.41, 5.74) is 5.76. The maximum Gasteiger partial charge on any atom is 0.404 e. The zero-order chi connectivity index (χ0) is 9.68. The third kappa shape index (κ3) is 4.12. The molecule has 13 heavy (non-hydrogen) atoms. The van der Waals surface area contributed by atoms with Gasteiger partial charge in [0.1, 0.15) is 0 Å². The standard InChI is InChI=1S/C9H18N2O2/c10-8-3-1-7(2-4-8)5-6-11-9(12)13/h7-8,11H,1-6,10H2,(H,12,13)/t7-,8-. The van der Waals surface area contributed by atoms with Crippen LogP contribution in [0.5, 0.6) is 0 Å². The van der Waals surface area contributed by atoms with Crippen molar-refractivity contribution in [1.29, 1.82) is 0 Å². The summed E-state index contributed by atoms with van der Waals surface area (Å²) in [6, 6.07) is 0.378. The second kappa shape index (κ2) is 5.07. The van der Waals surface area contributed by atoms with Gasteiger partial charge in [-0.15, -0.1) is 0 Å². The lowest BCUT2D eigenvalue weighted by atomic mass is 9.84. The van der Waals surface area contributed by atoms with Crippen molar-refractivity contribution in [3.05, 3.63) is 0 Å². The molecule has 0 aromatic rings. The summed E-state index contributed by atoms with van der Waals surface area (Å²) in [6.45, 7) is 0.579. The van der Waals surface area contributed by atoms with Crippen LogP contribution in [0.2, 0.25) is 0 Å². The molecule has 0 heterocycles. The minimum absolute atomic E-state index is 0.378. The first-order valence-electron chi connectivity index (χ1n) is 4.91. The average Bonchev–Trinajstić information content (AvgIpc) is 2.08. The molecule has 1 aliphatic carbocycles. The van der Waals surface area contributed by atoms with Gasteiger partial charge in [-0.1, -0.05) is 0 Å². The van der Waals surface area contributed by atoms with Crippen molar-refractivity contribution in [2.45, 2.75) is 38.1 Å². The Labute approximate surface area is 78.5 Å². The second-order valence-corrected chi connectivity index (χ2v) is 3.80. The largest absolute Gasteiger partial charge is 0.465 e. The normalized spacial score (nSPS) is 28.4. The van der Waals surface area contributed by atoms with Gasteiger partial charge in [-0.05, 0) is 38.0 Å². The lowest BCUT2D eigenvalue weighted by molar-refractivity contribution is 0.192. The maximum absolute atomic E-state index is 10.2. The lowest BCUT2D eigenvalue weighted by Gasteiger charge is -2.25. The number of nitrogens with two attached hydrogens (primary N) is 1. The molecule has 1 fully saturated rings. The fourth-order valence-electron chi connectivity index (χ4n) is 1.86. The monoisotopic (exact) mass is 186 g/mol. The Kier molecular flexibility index (Phi) is 4.02. The highest BCUT2D eigenvalue weighted by Gasteiger charge is 2.17. The molecular weight excluding hydrogens is 168 g/mol. The van der Waals surface area contributed by atoms with Gasteiger partial charge in [-0.2, -0.15) is 0 Å². The first-order chi connectivity index (χ1) is 6.18. The molecule has 1 rings (SSSR count). The van der Waals surface area contributed by atoms with E-state index in [0.29, 0.717) is 18.5 Å². The summed E-state index contributed by atoms with van der Waals surface area (Å²) in [4.78, 5) is 10.2. The fourth-order valence-corrected chi connectivity index (χ4v) is 1.86. The van der Waals surface area contributed by atoms with Crippen LogP contribution in [-0.2, 0) is 0 Å². The van der Waals surface area contributed by atoms with Crippen molar-refractivity contribution in [3.8, 4) is 0 Å². The SMILES string of the molecule is N[C@H]1CC[C@H](CCNC(=O)O)CC1. The van der Waals surface area contributed by atoms with Crippen LogP contribution < -0.4 is 11.1 Å². The van der Waals surface area contributed by atoms with Gasteiger partial charge < -0.3 is 16.2 Å². The molecule has 0 unspecified atom stereocenters. The zero-order valence-corrected chi connectivity index (χ0v) is 7.83. The molecule has 4 nitrogen and oxygen atoms in total. The van der Waals surface area contributed by atoms with E-state index in [1.54, 1.807) is 0 Å². The molecule has 1 aliphatic rings. The molecule has 4 N–H and O–H groups in total. The van der Waals surface area contributed by atoms with E-state index in [-0.39, 0.29) is 0 Å². The van der Waals surface area contributed by atoms with Crippen molar-refractivity contribution < 1.29 is 9.90 Å². The minimum Gasteiger partial charge on any atom is -0.465 e. The zero-order valence-electron chi connectivity index (χ0n) is 7.83. The molecule has 0 radical (unpaired) electrons. The Morgan fingerprint density at radius 1 is 1.38 bits per heavy atom. The van der Waals surface area contributed by atoms with Crippen molar-refractivity contribution in [1.82, 2.24) is 5.32 Å². The van der Waals surface area contributed by atoms with Crippen LogP contribution in [0.4, 0.5) is 4.79 Å². The predicted octanol–water partition coefficient (Wildman–Crippen LogP) is 1.16. The van der Waals surface area contributed by atoms with Gasteiger partial charge in [0.05, 0.1) is 0 Å². The highest BCUT2D eigenvalue weighted by molar-refractivity contribution is 5.64. The predicted molar refractivity (Wildman–Crippen MR) is 50.6 cm³/mol. The summed E-state index contributed by atoms with van der Waals surface area (Å²) in [6.07, 6.45) is 4.53. The topological polar surface area (TPSA) is 75.3 Å². The number of nitrogens with one attached hydrogen (secondary N) is 1. The van der Waals surface area contributed by atoms with Crippen molar-refractivity contribution in [3.63, 3.8) is 0 Å². The minimum atomic E-state index is -0.924. The van der Waals surface area contributed by atoms with Crippen LogP contribution >= 0.6 is 0 Å². The number of amides is 1. The van der Waals surface area contributed by atoms with E-state index < -0.39 is 6.09 Å². The molecule has 0 atom stereocenters. The molecule has 1 amide bonds. The lowest BCUT2D eigenvalue weighted by Crippen LogP contribution is -2.29. The highest BCUT2D eigenvalue weighted by atomic mass is 16.4. The van der Waals surface area contributed by atoms with Gasteiger partial charge in [-0.25, -0.2) is 4.79 Å². The highest BCUT2D eigenvalue weighted by Crippen LogP contribution is 2.25. The Morgan fingerprint density at radius 2 is 2.00 bits per heavy atom. The van der Waals surface area contributed by atoms with E-state index in [1.807, 2.05) is 0 Å². The molecule has 0 aromatic heterocycles. The quantitative estimate of drug-likeness (QED) is 0.619. The number of carbonyl (C=O) groups is 1. The van der Waals surface area contributed by atoms with E-state index >= 15 is 0 Å². The third-order valence-electron chi connectivity index (χ3n) is 2.72. The Balaban J connectivity index is 2.05. The molecule has 0 bridgehead atoms. The number of rotatable bonds is 3. The molecule has 0 aromatic carbocycles. The summed E-state index contributed by atoms with van der Waals surface area (Å²) >= 11 is 0. The van der Waals surface area contributed by atoms with Crippen LogP contribution in [0.25, 0.3) is 0 Å². The van der Waals surface area contributed by atoms with Crippen LogP contribution in [-0.4, -0.2) is 23.8 Å². The third-order valence-corrected chi connectivity index (χ3v) is 2.72. The van der Waals surface area contributed by atoms with Gasteiger partial charge in [-0.3, -0.25) is 0 Å².